The number of amides is 1. The summed E-state index contributed by atoms with van der Waals surface area (Å²) in [6, 6.07) is 9.79. The minimum atomic E-state index is 0.0985. The van der Waals surface area contributed by atoms with Gasteiger partial charge in [0, 0.05) is 38.3 Å². The molecule has 0 unspecified atom stereocenters. The third-order valence-corrected chi connectivity index (χ3v) is 4.03. The Morgan fingerprint density at radius 3 is 2.91 bits per heavy atom. The van der Waals surface area contributed by atoms with Crippen LogP contribution in [0.3, 0.4) is 0 Å². The van der Waals surface area contributed by atoms with E-state index in [4.69, 9.17) is 4.74 Å². The molecule has 1 atom stereocenters. The molecule has 5 nitrogen and oxygen atoms in total. The number of likely N-dealkylation sites (tertiary alicyclic amines) is 1. The van der Waals surface area contributed by atoms with Crippen molar-refractivity contribution in [2.75, 3.05) is 13.1 Å². The first kappa shape index (κ1) is 14.6. The Hall–Kier alpha value is -2.30. The second kappa shape index (κ2) is 6.64. The van der Waals surface area contributed by atoms with Crippen molar-refractivity contribution < 1.29 is 9.53 Å². The molecule has 116 valence electrons. The fraction of sp³-hybridized carbons (Fsp3) is 0.412. The number of carbonyl (C=O) groups is 1. The fourth-order valence-electron chi connectivity index (χ4n) is 2.76. The summed E-state index contributed by atoms with van der Waals surface area (Å²) < 4.78 is 7.92. The number of aryl methyl sites for hydroxylation is 2. The molecule has 1 aromatic carbocycles. The Balaban J connectivity index is 1.47. The first-order valence-corrected chi connectivity index (χ1v) is 7.69. The van der Waals surface area contributed by atoms with E-state index >= 15 is 0 Å². The topological polar surface area (TPSA) is 47.4 Å². The zero-order valence-corrected chi connectivity index (χ0v) is 12.8. The number of hydrogen-bond donors (Lipinski definition) is 0. The van der Waals surface area contributed by atoms with Gasteiger partial charge in [0.1, 0.15) is 17.7 Å². The minimum absolute atomic E-state index is 0.0985. The number of carbonyl (C=O) groups excluding carboxylic acids is 1. The van der Waals surface area contributed by atoms with Crippen molar-refractivity contribution >= 4 is 5.91 Å². The summed E-state index contributed by atoms with van der Waals surface area (Å²) in [7, 11) is 0. The van der Waals surface area contributed by atoms with Crippen molar-refractivity contribution in [1.82, 2.24) is 14.5 Å². The molecule has 1 aliphatic rings. The van der Waals surface area contributed by atoms with Gasteiger partial charge in [-0.3, -0.25) is 4.79 Å². The zero-order valence-electron chi connectivity index (χ0n) is 12.8. The molecule has 5 heteroatoms. The van der Waals surface area contributed by atoms with Gasteiger partial charge in [0.25, 0.3) is 0 Å². The number of para-hydroxylation sites is 1. The Labute approximate surface area is 130 Å². The Kier molecular flexibility index (Phi) is 4.42. The van der Waals surface area contributed by atoms with Gasteiger partial charge in [0.2, 0.25) is 5.91 Å². The third kappa shape index (κ3) is 3.47. The van der Waals surface area contributed by atoms with Gasteiger partial charge in [-0.25, -0.2) is 4.98 Å². The molecule has 1 aromatic heterocycles. The standard InChI is InChI=1S/C17H21N3O2/c1-14-18-9-12-19(14)11-8-17(21)20-10-7-16(13-20)22-15-5-3-2-4-6-15/h2-6,9,12,16H,7-8,10-11,13H2,1H3/t16-/m1/s1. The molecule has 0 bridgehead atoms. The second-order valence-electron chi connectivity index (χ2n) is 5.60. The van der Waals surface area contributed by atoms with Gasteiger partial charge in [0.05, 0.1) is 6.54 Å². The molecule has 1 aliphatic heterocycles. The largest absolute Gasteiger partial charge is 0.489 e. The van der Waals surface area contributed by atoms with Crippen LogP contribution in [0.5, 0.6) is 5.75 Å². The maximum absolute atomic E-state index is 12.3. The number of nitrogens with zero attached hydrogens (tertiary/aromatic N) is 3. The van der Waals surface area contributed by atoms with Crippen molar-refractivity contribution in [3.8, 4) is 5.75 Å². The lowest BCUT2D eigenvalue weighted by molar-refractivity contribution is -0.130. The van der Waals surface area contributed by atoms with Crippen LogP contribution in [0.25, 0.3) is 0 Å². The Bertz CT molecular complexity index is 624. The van der Waals surface area contributed by atoms with Crippen molar-refractivity contribution in [2.24, 2.45) is 0 Å². The third-order valence-electron chi connectivity index (χ3n) is 4.03. The highest BCUT2D eigenvalue weighted by Crippen LogP contribution is 2.18. The van der Waals surface area contributed by atoms with E-state index in [1.54, 1.807) is 6.20 Å². The van der Waals surface area contributed by atoms with Gasteiger partial charge < -0.3 is 14.2 Å². The van der Waals surface area contributed by atoms with E-state index in [0.29, 0.717) is 19.5 Å². The fourth-order valence-corrected chi connectivity index (χ4v) is 2.76. The summed E-state index contributed by atoms with van der Waals surface area (Å²) in [6.07, 6.45) is 5.18. The number of hydrogen-bond acceptors (Lipinski definition) is 3. The van der Waals surface area contributed by atoms with Crippen LogP contribution in [0, 0.1) is 6.92 Å². The SMILES string of the molecule is Cc1nccn1CCC(=O)N1CC[C@@H](Oc2ccccc2)C1. The van der Waals surface area contributed by atoms with Crippen LogP contribution in [0.15, 0.2) is 42.7 Å². The molecular formula is C17H21N3O2. The van der Waals surface area contributed by atoms with Crippen LogP contribution in [-0.2, 0) is 11.3 Å². The van der Waals surface area contributed by atoms with Gasteiger partial charge in [-0.2, -0.15) is 0 Å². The molecule has 0 radical (unpaired) electrons. The predicted octanol–water partition coefficient (Wildman–Crippen LogP) is 2.26. The van der Waals surface area contributed by atoms with Gasteiger partial charge in [-0.05, 0) is 19.1 Å². The lowest BCUT2D eigenvalue weighted by atomic mass is 10.3. The summed E-state index contributed by atoms with van der Waals surface area (Å²) in [5, 5.41) is 0. The predicted molar refractivity (Wildman–Crippen MR) is 83.6 cm³/mol. The average Bonchev–Trinajstić information content (AvgIpc) is 3.15. The van der Waals surface area contributed by atoms with Crippen LogP contribution in [-0.4, -0.2) is 39.6 Å². The summed E-state index contributed by atoms with van der Waals surface area (Å²) in [5.74, 6) is 2.00. The maximum atomic E-state index is 12.3. The normalized spacial score (nSPS) is 17.7. The summed E-state index contributed by atoms with van der Waals surface area (Å²) in [6.45, 7) is 4.09. The highest BCUT2D eigenvalue weighted by atomic mass is 16.5. The molecule has 0 spiro atoms. The van der Waals surface area contributed by atoms with Gasteiger partial charge in [-0.1, -0.05) is 18.2 Å². The maximum Gasteiger partial charge on any atom is 0.224 e. The monoisotopic (exact) mass is 299 g/mol. The lowest BCUT2D eigenvalue weighted by Crippen LogP contribution is -2.31. The first-order valence-electron chi connectivity index (χ1n) is 7.69. The number of imidazole rings is 1. The van der Waals surface area contributed by atoms with Crippen LogP contribution in [0.4, 0.5) is 0 Å². The van der Waals surface area contributed by atoms with Crippen LogP contribution >= 0.6 is 0 Å². The van der Waals surface area contributed by atoms with Gasteiger partial charge in [-0.15, -0.1) is 0 Å². The van der Waals surface area contributed by atoms with Crippen molar-refractivity contribution in [3.05, 3.63) is 48.5 Å². The summed E-state index contributed by atoms with van der Waals surface area (Å²) in [4.78, 5) is 18.4. The number of rotatable bonds is 5. The molecule has 1 fully saturated rings. The summed E-state index contributed by atoms with van der Waals surface area (Å²) in [5.41, 5.74) is 0. The van der Waals surface area contributed by atoms with E-state index in [0.717, 1.165) is 24.5 Å². The van der Waals surface area contributed by atoms with E-state index in [2.05, 4.69) is 4.98 Å². The molecule has 0 N–H and O–H groups in total. The zero-order chi connectivity index (χ0) is 15.4. The first-order chi connectivity index (χ1) is 10.7. The summed E-state index contributed by atoms with van der Waals surface area (Å²) >= 11 is 0. The van der Waals surface area contributed by atoms with Crippen LogP contribution in [0.2, 0.25) is 0 Å². The number of benzene rings is 1. The highest BCUT2D eigenvalue weighted by Gasteiger charge is 2.27. The van der Waals surface area contributed by atoms with Crippen molar-refractivity contribution in [2.45, 2.75) is 32.4 Å². The average molecular weight is 299 g/mol. The van der Waals surface area contributed by atoms with Gasteiger partial charge in [0.15, 0.2) is 0 Å². The second-order valence-corrected chi connectivity index (χ2v) is 5.60. The van der Waals surface area contributed by atoms with E-state index < -0.39 is 0 Å². The quantitative estimate of drug-likeness (QED) is 0.851. The molecule has 22 heavy (non-hydrogen) atoms. The number of ether oxygens (including phenoxy) is 1. The molecule has 1 saturated heterocycles. The van der Waals surface area contributed by atoms with Crippen molar-refractivity contribution in [1.29, 1.82) is 0 Å². The Morgan fingerprint density at radius 2 is 2.18 bits per heavy atom. The molecule has 1 amide bonds. The lowest BCUT2D eigenvalue weighted by Gasteiger charge is -2.17. The van der Waals surface area contributed by atoms with E-state index in [1.165, 1.54) is 0 Å². The van der Waals surface area contributed by atoms with Crippen LogP contribution in [0.1, 0.15) is 18.7 Å². The smallest absolute Gasteiger partial charge is 0.224 e. The molecule has 0 saturated carbocycles. The van der Waals surface area contributed by atoms with Crippen LogP contribution < -0.4 is 4.74 Å². The number of aromatic nitrogens is 2. The molecule has 3 rings (SSSR count). The van der Waals surface area contributed by atoms with E-state index in [-0.39, 0.29) is 12.0 Å². The molecule has 2 heterocycles. The minimum Gasteiger partial charge on any atom is -0.489 e. The van der Waals surface area contributed by atoms with Gasteiger partial charge >= 0.3 is 0 Å². The molecular weight excluding hydrogens is 278 g/mol. The van der Waals surface area contributed by atoms with Crippen molar-refractivity contribution in [3.63, 3.8) is 0 Å². The van der Waals surface area contributed by atoms with E-state index in [9.17, 15) is 4.79 Å². The van der Waals surface area contributed by atoms with E-state index in [1.807, 2.05) is 52.9 Å². The highest BCUT2D eigenvalue weighted by molar-refractivity contribution is 5.76. The Morgan fingerprint density at radius 1 is 1.36 bits per heavy atom. The molecule has 2 aromatic rings. The molecule has 0 aliphatic carbocycles.